The van der Waals surface area contributed by atoms with Gasteiger partial charge >= 0.3 is 0 Å². The standard InChI is InChI=1S/C18H15FN2O/c1-18(2)9-17(21-22)15-4-3-12(8-16(15)18)13-5-11(10-20)6-14(19)7-13/h3-8,22H,9H2,1-2H3/b21-17+. The van der Waals surface area contributed by atoms with Crippen LogP contribution in [0.3, 0.4) is 0 Å². The van der Waals surface area contributed by atoms with Crippen molar-refractivity contribution in [3.8, 4) is 17.2 Å². The van der Waals surface area contributed by atoms with Crippen LogP contribution in [-0.4, -0.2) is 10.9 Å². The van der Waals surface area contributed by atoms with Crippen molar-refractivity contribution in [1.29, 1.82) is 5.26 Å². The summed E-state index contributed by atoms with van der Waals surface area (Å²) in [5, 5.41) is 21.5. The highest BCUT2D eigenvalue weighted by Gasteiger charge is 2.34. The Morgan fingerprint density at radius 2 is 1.95 bits per heavy atom. The van der Waals surface area contributed by atoms with Crippen LogP contribution in [0, 0.1) is 17.1 Å². The zero-order valence-electron chi connectivity index (χ0n) is 12.4. The van der Waals surface area contributed by atoms with Gasteiger partial charge in [0.15, 0.2) is 0 Å². The lowest BCUT2D eigenvalue weighted by Crippen LogP contribution is -2.12. The lowest BCUT2D eigenvalue weighted by Gasteiger charge is -2.18. The van der Waals surface area contributed by atoms with Crippen LogP contribution in [0.25, 0.3) is 11.1 Å². The molecule has 2 aromatic rings. The summed E-state index contributed by atoms with van der Waals surface area (Å²) in [6, 6.07) is 12.0. The molecule has 110 valence electrons. The van der Waals surface area contributed by atoms with E-state index in [1.807, 2.05) is 24.3 Å². The van der Waals surface area contributed by atoms with Crippen LogP contribution < -0.4 is 0 Å². The van der Waals surface area contributed by atoms with Gasteiger partial charge in [0.2, 0.25) is 0 Å². The molecule has 0 saturated carbocycles. The minimum Gasteiger partial charge on any atom is -0.411 e. The molecule has 1 aliphatic carbocycles. The second-order valence-corrected chi connectivity index (χ2v) is 6.21. The molecule has 0 unspecified atom stereocenters. The Hall–Kier alpha value is -2.67. The molecule has 0 amide bonds. The molecule has 3 rings (SSSR count). The quantitative estimate of drug-likeness (QED) is 0.632. The Morgan fingerprint density at radius 3 is 2.64 bits per heavy atom. The largest absolute Gasteiger partial charge is 0.411 e. The molecule has 1 N–H and O–H groups in total. The Labute approximate surface area is 128 Å². The van der Waals surface area contributed by atoms with Gasteiger partial charge in [-0.1, -0.05) is 31.1 Å². The van der Waals surface area contributed by atoms with E-state index in [2.05, 4.69) is 19.0 Å². The van der Waals surface area contributed by atoms with Gasteiger partial charge in [-0.05, 0) is 46.4 Å². The highest BCUT2D eigenvalue weighted by Crippen LogP contribution is 2.40. The van der Waals surface area contributed by atoms with Gasteiger partial charge < -0.3 is 5.21 Å². The fourth-order valence-electron chi connectivity index (χ4n) is 3.05. The normalized spacial score (nSPS) is 17.3. The molecule has 0 spiro atoms. The van der Waals surface area contributed by atoms with Crippen molar-refractivity contribution >= 4 is 5.71 Å². The zero-order valence-corrected chi connectivity index (χ0v) is 12.4. The van der Waals surface area contributed by atoms with Gasteiger partial charge in [0.25, 0.3) is 0 Å². The predicted molar refractivity (Wildman–Crippen MR) is 82.5 cm³/mol. The highest BCUT2D eigenvalue weighted by atomic mass is 19.1. The van der Waals surface area contributed by atoms with E-state index in [0.717, 1.165) is 16.7 Å². The number of oxime groups is 1. The molecule has 0 saturated heterocycles. The van der Waals surface area contributed by atoms with Crippen molar-refractivity contribution in [1.82, 2.24) is 0 Å². The molecule has 22 heavy (non-hydrogen) atoms. The van der Waals surface area contributed by atoms with Crippen LogP contribution in [0.2, 0.25) is 0 Å². The molecule has 0 atom stereocenters. The maximum atomic E-state index is 13.6. The monoisotopic (exact) mass is 294 g/mol. The fourth-order valence-corrected chi connectivity index (χ4v) is 3.05. The van der Waals surface area contributed by atoms with E-state index in [9.17, 15) is 4.39 Å². The maximum Gasteiger partial charge on any atom is 0.125 e. The van der Waals surface area contributed by atoms with Gasteiger partial charge in [-0.3, -0.25) is 0 Å². The number of benzene rings is 2. The van der Waals surface area contributed by atoms with Gasteiger partial charge in [-0.2, -0.15) is 5.26 Å². The number of nitrogens with zero attached hydrogens (tertiary/aromatic N) is 2. The summed E-state index contributed by atoms with van der Waals surface area (Å²) in [5.41, 5.74) is 4.34. The first-order valence-corrected chi connectivity index (χ1v) is 7.01. The molecule has 0 heterocycles. The molecule has 0 aliphatic heterocycles. The Morgan fingerprint density at radius 1 is 1.18 bits per heavy atom. The van der Waals surface area contributed by atoms with E-state index in [1.54, 1.807) is 6.07 Å². The summed E-state index contributed by atoms with van der Waals surface area (Å²) >= 11 is 0. The summed E-state index contributed by atoms with van der Waals surface area (Å²) in [5.74, 6) is -0.425. The number of nitriles is 1. The molecule has 0 fully saturated rings. The minimum absolute atomic E-state index is 0.141. The maximum absolute atomic E-state index is 13.6. The number of rotatable bonds is 1. The summed E-state index contributed by atoms with van der Waals surface area (Å²) < 4.78 is 13.6. The summed E-state index contributed by atoms with van der Waals surface area (Å²) in [7, 11) is 0. The van der Waals surface area contributed by atoms with Crippen LogP contribution in [-0.2, 0) is 5.41 Å². The second-order valence-electron chi connectivity index (χ2n) is 6.21. The lowest BCUT2D eigenvalue weighted by molar-refractivity contribution is 0.317. The van der Waals surface area contributed by atoms with Crippen LogP contribution >= 0.6 is 0 Å². The van der Waals surface area contributed by atoms with E-state index in [-0.39, 0.29) is 5.41 Å². The van der Waals surface area contributed by atoms with Gasteiger partial charge in [-0.25, -0.2) is 4.39 Å². The van der Waals surface area contributed by atoms with Crippen LogP contribution in [0.4, 0.5) is 4.39 Å². The first kappa shape index (κ1) is 14.3. The number of hydrogen-bond acceptors (Lipinski definition) is 3. The summed E-state index contributed by atoms with van der Waals surface area (Å²) in [6.45, 7) is 4.17. The third-order valence-corrected chi connectivity index (χ3v) is 4.15. The van der Waals surface area contributed by atoms with Gasteiger partial charge in [0.1, 0.15) is 5.82 Å². The van der Waals surface area contributed by atoms with Gasteiger partial charge in [0.05, 0.1) is 17.3 Å². The van der Waals surface area contributed by atoms with Crippen molar-refractivity contribution in [2.45, 2.75) is 25.7 Å². The second kappa shape index (κ2) is 4.96. The van der Waals surface area contributed by atoms with Gasteiger partial charge in [0, 0.05) is 12.0 Å². The van der Waals surface area contributed by atoms with E-state index in [1.165, 1.54) is 12.1 Å². The first-order valence-electron chi connectivity index (χ1n) is 7.01. The molecule has 0 bridgehead atoms. The van der Waals surface area contributed by atoms with Crippen molar-refractivity contribution in [3.63, 3.8) is 0 Å². The third kappa shape index (κ3) is 2.25. The van der Waals surface area contributed by atoms with Crippen LogP contribution in [0.1, 0.15) is 37.0 Å². The van der Waals surface area contributed by atoms with Crippen molar-refractivity contribution in [3.05, 3.63) is 58.9 Å². The predicted octanol–water partition coefficient (Wildman–Crippen LogP) is 4.22. The van der Waals surface area contributed by atoms with Gasteiger partial charge in [-0.15, -0.1) is 0 Å². The van der Waals surface area contributed by atoms with Crippen molar-refractivity contribution in [2.75, 3.05) is 0 Å². The van der Waals surface area contributed by atoms with E-state index in [0.29, 0.717) is 23.3 Å². The summed E-state index contributed by atoms with van der Waals surface area (Å²) in [6.07, 6.45) is 0.662. The number of halogens is 1. The van der Waals surface area contributed by atoms with Crippen molar-refractivity contribution in [2.24, 2.45) is 5.16 Å². The smallest absolute Gasteiger partial charge is 0.125 e. The number of fused-ring (bicyclic) bond motifs is 1. The summed E-state index contributed by atoms with van der Waals surface area (Å²) in [4.78, 5) is 0. The van der Waals surface area contributed by atoms with E-state index in [4.69, 9.17) is 10.5 Å². The van der Waals surface area contributed by atoms with E-state index >= 15 is 0 Å². The molecule has 0 aromatic heterocycles. The Kier molecular flexibility index (Phi) is 3.22. The lowest BCUT2D eigenvalue weighted by atomic mass is 9.85. The minimum atomic E-state index is -0.425. The number of hydrogen-bond donors (Lipinski definition) is 1. The van der Waals surface area contributed by atoms with Crippen LogP contribution in [0.15, 0.2) is 41.6 Å². The molecule has 0 radical (unpaired) electrons. The highest BCUT2D eigenvalue weighted by molar-refractivity contribution is 6.06. The average molecular weight is 294 g/mol. The molecule has 4 heteroatoms. The topological polar surface area (TPSA) is 56.4 Å². The average Bonchev–Trinajstić information content (AvgIpc) is 2.77. The molecule has 1 aliphatic rings. The zero-order chi connectivity index (χ0) is 15.9. The fraction of sp³-hybridized carbons (Fsp3) is 0.222. The molecular weight excluding hydrogens is 279 g/mol. The third-order valence-electron chi connectivity index (χ3n) is 4.15. The Balaban J connectivity index is 2.17. The first-order chi connectivity index (χ1) is 10.4. The van der Waals surface area contributed by atoms with Crippen LogP contribution in [0.5, 0.6) is 0 Å². The Bertz CT molecular complexity index is 831. The molecule has 3 nitrogen and oxygen atoms in total. The van der Waals surface area contributed by atoms with Crippen molar-refractivity contribution < 1.29 is 9.60 Å². The molecular formula is C18H15FN2O. The van der Waals surface area contributed by atoms with E-state index < -0.39 is 5.82 Å². The molecule has 2 aromatic carbocycles. The SMILES string of the molecule is CC1(C)C/C(=N\O)c2ccc(-c3cc(F)cc(C#N)c3)cc21.